The standard InChI is InChI=1S/C16H25N3O2/c1-3-5-6-15(20)18-13-8-7-12(4-2)14(11-13)19-16(21)9-10-17/h7-8,11H,3-6,9-10,17H2,1-2H3,(H,18,20)(H,19,21). The first-order chi connectivity index (χ1) is 10.1. The van der Waals surface area contributed by atoms with Crippen molar-refractivity contribution in [3.63, 3.8) is 0 Å². The second-order valence-corrected chi connectivity index (χ2v) is 4.96. The molecule has 5 nitrogen and oxygen atoms in total. The maximum Gasteiger partial charge on any atom is 0.225 e. The predicted molar refractivity (Wildman–Crippen MR) is 86.3 cm³/mol. The van der Waals surface area contributed by atoms with Gasteiger partial charge in [0.2, 0.25) is 11.8 Å². The lowest BCUT2D eigenvalue weighted by atomic mass is 10.1. The summed E-state index contributed by atoms with van der Waals surface area (Å²) in [6.07, 6.45) is 3.47. The molecule has 0 saturated carbocycles. The van der Waals surface area contributed by atoms with Crippen molar-refractivity contribution in [2.45, 2.75) is 46.0 Å². The average molecular weight is 291 g/mol. The molecule has 1 aromatic rings. The zero-order valence-electron chi connectivity index (χ0n) is 12.9. The van der Waals surface area contributed by atoms with Crippen LogP contribution in [0, 0.1) is 0 Å². The summed E-state index contributed by atoms with van der Waals surface area (Å²) >= 11 is 0. The Morgan fingerprint density at radius 1 is 1.10 bits per heavy atom. The van der Waals surface area contributed by atoms with Crippen LogP contribution in [-0.4, -0.2) is 18.4 Å². The Kier molecular flexibility index (Phi) is 7.46. The number of hydrogen-bond acceptors (Lipinski definition) is 3. The molecule has 0 aliphatic heterocycles. The Morgan fingerprint density at radius 3 is 2.43 bits per heavy atom. The third kappa shape index (κ3) is 5.95. The Hall–Kier alpha value is -1.88. The summed E-state index contributed by atoms with van der Waals surface area (Å²) in [7, 11) is 0. The van der Waals surface area contributed by atoms with Gasteiger partial charge in [-0.1, -0.05) is 26.3 Å². The maximum atomic E-state index is 11.7. The maximum absolute atomic E-state index is 11.7. The first kappa shape index (κ1) is 17.2. The fraction of sp³-hybridized carbons (Fsp3) is 0.500. The van der Waals surface area contributed by atoms with Gasteiger partial charge in [-0.15, -0.1) is 0 Å². The van der Waals surface area contributed by atoms with E-state index in [0.29, 0.717) is 18.7 Å². The number of rotatable bonds is 8. The highest BCUT2D eigenvalue weighted by Gasteiger charge is 2.08. The van der Waals surface area contributed by atoms with Gasteiger partial charge in [-0.3, -0.25) is 9.59 Å². The van der Waals surface area contributed by atoms with E-state index in [0.717, 1.165) is 30.5 Å². The van der Waals surface area contributed by atoms with Gasteiger partial charge >= 0.3 is 0 Å². The number of nitrogens with two attached hydrogens (primary N) is 1. The fourth-order valence-corrected chi connectivity index (χ4v) is 1.98. The second-order valence-electron chi connectivity index (χ2n) is 4.96. The molecule has 0 aliphatic rings. The molecule has 0 aromatic heterocycles. The van der Waals surface area contributed by atoms with Crippen molar-refractivity contribution in [3.05, 3.63) is 23.8 Å². The van der Waals surface area contributed by atoms with E-state index in [2.05, 4.69) is 17.6 Å². The van der Waals surface area contributed by atoms with Crippen LogP contribution in [0.25, 0.3) is 0 Å². The number of unbranched alkanes of at least 4 members (excludes halogenated alkanes) is 1. The van der Waals surface area contributed by atoms with Crippen molar-refractivity contribution in [2.24, 2.45) is 5.73 Å². The molecule has 1 rings (SSSR count). The van der Waals surface area contributed by atoms with Crippen molar-refractivity contribution < 1.29 is 9.59 Å². The number of hydrogen-bond donors (Lipinski definition) is 3. The van der Waals surface area contributed by atoms with Crippen LogP contribution in [-0.2, 0) is 16.0 Å². The van der Waals surface area contributed by atoms with Gasteiger partial charge in [0.1, 0.15) is 0 Å². The highest BCUT2D eigenvalue weighted by molar-refractivity contribution is 5.94. The summed E-state index contributed by atoms with van der Waals surface area (Å²) in [5.74, 6) is -0.109. The van der Waals surface area contributed by atoms with Crippen LogP contribution in [0.2, 0.25) is 0 Å². The largest absolute Gasteiger partial charge is 0.330 e. The highest BCUT2D eigenvalue weighted by Crippen LogP contribution is 2.22. The number of anilines is 2. The number of benzene rings is 1. The third-order valence-corrected chi connectivity index (χ3v) is 3.18. The lowest BCUT2D eigenvalue weighted by Gasteiger charge is -2.12. The molecule has 116 valence electrons. The Bertz CT molecular complexity index is 486. The van der Waals surface area contributed by atoms with E-state index in [4.69, 9.17) is 5.73 Å². The monoisotopic (exact) mass is 291 g/mol. The molecule has 5 heteroatoms. The van der Waals surface area contributed by atoms with Crippen LogP contribution in [0.15, 0.2) is 18.2 Å². The number of carbonyl (C=O) groups is 2. The molecule has 0 spiro atoms. The van der Waals surface area contributed by atoms with E-state index >= 15 is 0 Å². The Balaban J connectivity index is 2.79. The highest BCUT2D eigenvalue weighted by atomic mass is 16.2. The Morgan fingerprint density at radius 2 is 1.81 bits per heavy atom. The van der Waals surface area contributed by atoms with E-state index in [-0.39, 0.29) is 18.2 Å². The summed E-state index contributed by atoms with van der Waals surface area (Å²) in [6, 6.07) is 5.59. The summed E-state index contributed by atoms with van der Waals surface area (Å²) in [5.41, 5.74) is 7.86. The van der Waals surface area contributed by atoms with E-state index in [1.165, 1.54) is 0 Å². The number of aryl methyl sites for hydroxylation is 1. The minimum atomic E-state index is -0.110. The zero-order chi connectivity index (χ0) is 15.7. The normalized spacial score (nSPS) is 10.2. The first-order valence-electron chi connectivity index (χ1n) is 7.53. The van der Waals surface area contributed by atoms with E-state index in [1.54, 1.807) is 6.07 Å². The van der Waals surface area contributed by atoms with E-state index < -0.39 is 0 Å². The van der Waals surface area contributed by atoms with Crippen molar-refractivity contribution in [1.29, 1.82) is 0 Å². The molecule has 0 heterocycles. The molecule has 0 atom stereocenters. The van der Waals surface area contributed by atoms with Crippen LogP contribution >= 0.6 is 0 Å². The summed E-state index contributed by atoms with van der Waals surface area (Å²) in [6.45, 7) is 4.39. The molecule has 0 unspecified atom stereocenters. The van der Waals surface area contributed by atoms with Gasteiger partial charge in [0.25, 0.3) is 0 Å². The molecular weight excluding hydrogens is 266 g/mol. The minimum Gasteiger partial charge on any atom is -0.330 e. The fourth-order valence-electron chi connectivity index (χ4n) is 1.98. The average Bonchev–Trinajstić information content (AvgIpc) is 2.45. The summed E-state index contributed by atoms with van der Waals surface area (Å²) < 4.78 is 0. The zero-order valence-corrected chi connectivity index (χ0v) is 12.9. The molecule has 0 radical (unpaired) electrons. The summed E-state index contributed by atoms with van der Waals surface area (Å²) in [5, 5.41) is 5.71. The number of amides is 2. The van der Waals surface area contributed by atoms with Crippen LogP contribution in [0.1, 0.15) is 45.1 Å². The SMILES string of the molecule is CCCCC(=O)Nc1ccc(CC)c(NC(=O)CCN)c1. The van der Waals surface area contributed by atoms with Crippen molar-refractivity contribution in [2.75, 3.05) is 17.2 Å². The minimum absolute atomic E-state index is 0.000309. The number of carbonyl (C=O) groups excluding carboxylic acids is 2. The molecule has 0 bridgehead atoms. The lowest BCUT2D eigenvalue weighted by Crippen LogP contribution is -2.17. The van der Waals surface area contributed by atoms with Gasteiger partial charge in [-0.05, 0) is 30.5 Å². The Labute approximate surface area is 126 Å². The van der Waals surface area contributed by atoms with Crippen molar-refractivity contribution in [3.8, 4) is 0 Å². The molecule has 2 amide bonds. The van der Waals surface area contributed by atoms with Gasteiger partial charge < -0.3 is 16.4 Å². The first-order valence-corrected chi connectivity index (χ1v) is 7.53. The smallest absolute Gasteiger partial charge is 0.225 e. The van der Waals surface area contributed by atoms with E-state index in [1.807, 2.05) is 19.1 Å². The van der Waals surface area contributed by atoms with E-state index in [9.17, 15) is 9.59 Å². The van der Waals surface area contributed by atoms with Crippen LogP contribution in [0.3, 0.4) is 0 Å². The summed E-state index contributed by atoms with van der Waals surface area (Å²) in [4.78, 5) is 23.4. The van der Waals surface area contributed by atoms with Crippen molar-refractivity contribution >= 4 is 23.2 Å². The molecule has 0 aliphatic carbocycles. The van der Waals surface area contributed by atoms with Crippen LogP contribution in [0.5, 0.6) is 0 Å². The molecule has 0 saturated heterocycles. The third-order valence-electron chi connectivity index (χ3n) is 3.18. The van der Waals surface area contributed by atoms with Gasteiger partial charge in [0.05, 0.1) is 0 Å². The topological polar surface area (TPSA) is 84.2 Å². The molecule has 4 N–H and O–H groups in total. The van der Waals surface area contributed by atoms with Gasteiger partial charge in [0, 0.05) is 30.8 Å². The van der Waals surface area contributed by atoms with Gasteiger partial charge in [-0.25, -0.2) is 0 Å². The second kappa shape index (κ2) is 9.13. The predicted octanol–water partition coefficient (Wildman–Crippen LogP) is 2.67. The van der Waals surface area contributed by atoms with Crippen LogP contribution < -0.4 is 16.4 Å². The molecular formula is C16H25N3O2. The molecule has 0 fully saturated rings. The number of nitrogens with one attached hydrogen (secondary N) is 2. The molecule has 1 aromatic carbocycles. The van der Waals surface area contributed by atoms with Gasteiger partial charge in [-0.2, -0.15) is 0 Å². The quantitative estimate of drug-likeness (QED) is 0.688. The molecule has 21 heavy (non-hydrogen) atoms. The van der Waals surface area contributed by atoms with Gasteiger partial charge in [0.15, 0.2) is 0 Å². The van der Waals surface area contributed by atoms with Crippen molar-refractivity contribution in [1.82, 2.24) is 0 Å². The lowest BCUT2D eigenvalue weighted by molar-refractivity contribution is -0.116. The van der Waals surface area contributed by atoms with Crippen LogP contribution in [0.4, 0.5) is 11.4 Å².